The fourth-order valence-electron chi connectivity index (χ4n) is 2.96. The predicted molar refractivity (Wildman–Crippen MR) is 114 cm³/mol. The van der Waals surface area contributed by atoms with Crippen molar-refractivity contribution in [2.24, 2.45) is 11.7 Å². The summed E-state index contributed by atoms with van der Waals surface area (Å²) in [7, 11) is 0. The second kappa shape index (κ2) is 11.7. The van der Waals surface area contributed by atoms with Crippen molar-refractivity contribution in [3.63, 3.8) is 0 Å². The van der Waals surface area contributed by atoms with Crippen molar-refractivity contribution in [1.82, 2.24) is 10.6 Å². The first kappa shape index (κ1) is 23.9. The highest BCUT2D eigenvalue weighted by Crippen LogP contribution is 2.09. The standard InChI is InChI=1S/C23H28FN3O4/c1-15(2)12-20(27-23(30)31-14-17-6-4-3-5-7-17)22(29)26-19(21(25)28)13-16-8-10-18(24)11-9-16/h3-11,15,19-20H,12-14H2,1-2H3,(H2,25,28)(H,26,29)(H,27,30)/t19-,20-/m0/s1. The van der Waals surface area contributed by atoms with Gasteiger partial charge in [-0.2, -0.15) is 0 Å². The number of primary amides is 1. The van der Waals surface area contributed by atoms with Crippen LogP contribution in [0.2, 0.25) is 0 Å². The molecular weight excluding hydrogens is 401 g/mol. The number of halogens is 1. The number of hydrogen-bond acceptors (Lipinski definition) is 4. The van der Waals surface area contributed by atoms with Crippen LogP contribution in [0.4, 0.5) is 9.18 Å². The smallest absolute Gasteiger partial charge is 0.408 e. The average molecular weight is 429 g/mol. The first-order chi connectivity index (χ1) is 14.7. The molecule has 8 heteroatoms. The molecule has 3 amide bonds. The molecule has 0 aromatic heterocycles. The fraction of sp³-hybridized carbons (Fsp3) is 0.348. The Morgan fingerprint density at radius 2 is 1.58 bits per heavy atom. The maximum absolute atomic E-state index is 13.1. The van der Waals surface area contributed by atoms with E-state index >= 15 is 0 Å². The molecule has 0 fully saturated rings. The zero-order valence-electron chi connectivity index (χ0n) is 17.6. The van der Waals surface area contributed by atoms with Gasteiger partial charge in [0.1, 0.15) is 24.5 Å². The number of nitrogens with one attached hydrogen (secondary N) is 2. The Morgan fingerprint density at radius 3 is 2.16 bits per heavy atom. The Bertz CT molecular complexity index is 872. The Morgan fingerprint density at radius 1 is 0.935 bits per heavy atom. The van der Waals surface area contributed by atoms with E-state index in [0.717, 1.165) is 5.56 Å². The second-order valence-electron chi connectivity index (χ2n) is 7.68. The number of hydrogen-bond donors (Lipinski definition) is 3. The van der Waals surface area contributed by atoms with Crippen LogP contribution in [0.25, 0.3) is 0 Å². The maximum atomic E-state index is 13.1. The first-order valence-electron chi connectivity index (χ1n) is 10.1. The molecule has 7 nitrogen and oxygen atoms in total. The first-order valence-corrected chi connectivity index (χ1v) is 10.1. The maximum Gasteiger partial charge on any atom is 0.408 e. The molecule has 0 radical (unpaired) electrons. The highest BCUT2D eigenvalue weighted by atomic mass is 19.1. The van der Waals surface area contributed by atoms with E-state index in [-0.39, 0.29) is 18.9 Å². The van der Waals surface area contributed by atoms with E-state index < -0.39 is 35.8 Å². The van der Waals surface area contributed by atoms with Crippen molar-refractivity contribution in [3.8, 4) is 0 Å². The molecule has 0 saturated carbocycles. The van der Waals surface area contributed by atoms with Gasteiger partial charge in [-0.1, -0.05) is 56.3 Å². The van der Waals surface area contributed by atoms with Gasteiger partial charge in [-0.15, -0.1) is 0 Å². The molecule has 31 heavy (non-hydrogen) atoms. The monoisotopic (exact) mass is 429 g/mol. The number of amides is 3. The fourth-order valence-corrected chi connectivity index (χ4v) is 2.96. The van der Waals surface area contributed by atoms with Gasteiger partial charge in [-0.25, -0.2) is 9.18 Å². The third kappa shape index (κ3) is 8.46. The van der Waals surface area contributed by atoms with Gasteiger partial charge in [0, 0.05) is 6.42 Å². The lowest BCUT2D eigenvalue weighted by Gasteiger charge is -2.23. The third-order valence-corrected chi connectivity index (χ3v) is 4.54. The molecule has 0 aliphatic heterocycles. The van der Waals surface area contributed by atoms with Crippen molar-refractivity contribution in [3.05, 3.63) is 71.5 Å². The minimum atomic E-state index is -1.00. The van der Waals surface area contributed by atoms with Crippen LogP contribution in [0.3, 0.4) is 0 Å². The summed E-state index contributed by atoms with van der Waals surface area (Å²) >= 11 is 0. The van der Waals surface area contributed by atoms with Crippen molar-refractivity contribution < 1.29 is 23.5 Å². The van der Waals surface area contributed by atoms with Crippen LogP contribution in [0, 0.1) is 11.7 Å². The zero-order chi connectivity index (χ0) is 22.8. The minimum absolute atomic E-state index is 0.0666. The summed E-state index contributed by atoms with van der Waals surface area (Å²) < 4.78 is 18.3. The summed E-state index contributed by atoms with van der Waals surface area (Å²) in [5.74, 6) is -1.59. The molecule has 0 spiro atoms. The van der Waals surface area contributed by atoms with Gasteiger partial charge < -0.3 is 21.1 Å². The zero-order valence-corrected chi connectivity index (χ0v) is 17.6. The van der Waals surface area contributed by atoms with Crippen LogP contribution in [0.1, 0.15) is 31.4 Å². The van der Waals surface area contributed by atoms with Crippen molar-refractivity contribution in [1.29, 1.82) is 0 Å². The summed E-state index contributed by atoms with van der Waals surface area (Å²) in [4.78, 5) is 36.9. The highest BCUT2D eigenvalue weighted by Gasteiger charge is 2.27. The van der Waals surface area contributed by atoms with Crippen molar-refractivity contribution in [2.75, 3.05) is 0 Å². The minimum Gasteiger partial charge on any atom is -0.445 e. The summed E-state index contributed by atoms with van der Waals surface area (Å²) in [5.41, 5.74) is 6.89. The van der Waals surface area contributed by atoms with Gasteiger partial charge in [0.15, 0.2) is 0 Å². The van der Waals surface area contributed by atoms with Gasteiger partial charge in [0.25, 0.3) is 0 Å². The van der Waals surface area contributed by atoms with Crippen LogP contribution in [0.15, 0.2) is 54.6 Å². The van der Waals surface area contributed by atoms with Crippen LogP contribution >= 0.6 is 0 Å². The lowest BCUT2D eigenvalue weighted by Crippen LogP contribution is -2.54. The van der Waals surface area contributed by atoms with E-state index in [4.69, 9.17) is 10.5 Å². The molecule has 4 N–H and O–H groups in total. The highest BCUT2D eigenvalue weighted by molar-refractivity contribution is 5.90. The number of alkyl carbamates (subject to hydrolysis) is 1. The SMILES string of the molecule is CC(C)C[C@H](NC(=O)OCc1ccccc1)C(=O)N[C@@H](Cc1ccc(F)cc1)C(N)=O. The number of ether oxygens (including phenoxy) is 1. The Kier molecular flexibility index (Phi) is 8.99. The van der Waals surface area contributed by atoms with Gasteiger partial charge in [0.05, 0.1) is 0 Å². The van der Waals surface area contributed by atoms with E-state index in [1.54, 1.807) is 0 Å². The van der Waals surface area contributed by atoms with Gasteiger partial charge in [-0.05, 0) is 35.6 Å². The predicted octanol–water partition coefficient (Wildman–Crippen LogP) is 2.68. The van der Waals surface area contributed by atoms with Gasteiger partial charge in [0.2, 0.25) is 11.8 Å². The number of rotatable bonds is 10. The molecule has 2 aromatic carbocycles. The molecule has 0 heterocycles. The quantitative estimate of drug-likeness (QED) is 0.539. The van der Waals surface area contributed by atoms with Gasteiger partial charge in [-0.3, -0.25) is 9.59 Å². The second-order valence-corrected chi connectivity index (χ2v) is 7.68. The molecule has 0 saturated heterocycles. The topological polar surface area (TPSA) is 111 Å². The summed E-state index contributed by atoms with van der Waals surface area (Å²) in [5, 5.41) is 5.15. The number of nitrogens with two attached hydrogens (primary N) is 1. The molecule has 0 unspecified atom stereocenters. The molecule has 2 atom stereocenters. The van der Waals surface area contributed by atoms with E-state index in [1.165, 1.54) is 24.3 Å². The lowest BCUT2D eigenvalue weighted by atomic mass is 10.0. The molecular formula is C23H28FN3O4. The largest absolute Gasteiger partial charge is 0.445 e. The van der Waals surface area contributed by atoms with E-state index in [0.29, 0.717) is 12.0 Å². The van der Waals surface area contributed by atoms with E-state index in [1.807, 2.05) is 44.2 Å². The van der Waals surface area contributed by atoms with Crippen LogP contribution < -0.4 is 16.4 Å². The summed E-state index contributed by atoms with van der Waals surface area (Å²) in [6, 6.07) is 12.8. The molecule has 2 aromatic rings. The Labute approximate surface area is 181 Å². The Balaban J connectivity index is 1.99. The van der Waals surface area contributed by atoms with Gasteiger partial charge >= 0.3 is 6.09 Å². The molecule has 2 rings (SSSR count). The van der Waals surface area contributed by atoms with Crippen LogP contribution in [-0.2, 0) is 27.4 Å². The number of carbonyl (C=O) groups is 3. The van der Waals surface area contributed by atoms with E-state index in [2.05, 4.69) is 10.6 Å². The van der Waals surface area contributed by atoms with E-state index in [9.17, 15) is 18.8 Å². The number of carbonyl (C=O) groups excluding carboxylic acids is 3. The van der Waals surface area contributed by atoms with Crippen molar-refractivity contribution >= 4 is 17.9 Å². The molecule has 0 aliphatic carbocycles. The average Bonchev–Trinajstić information content (AvgIpc) is 2.73. The Hall–Kier alpha value is -3.42. The molecule has 0 bridgehead atoms. The summed E-state index contributed by atoms with van der Waals surface area (Å²) in [6.07, 6.45) is -0.290. The normalized spacial score (nSPS) is 12.6. The van der Waals surface area contributed by atoms with Crippen LogP contribution in [-0.4, -0.2) is 30.0 Å². The lowest BCUT2D eigenvalue weighted by molar-refractivity contribution is -0.128. The summed E-state index contributed by atoms with van der Waals surface area (Å²) in [6.45, 7) is 3.87. The molecule has 0 aliphatic rings. The third-order valence-electron chi connectivity index (χ3n) is 4.54. The molecule has 166 valence electrons. The van der Waals surface area contributed by atoms with Crippen LogP contribution in [0.5, 0.6) is 0 Å². The number of benzene rings is 2. The van der Waals surface area contributed by atoms with Crippen molar-refractivity contribution in [2.45, 2.75) is 45.4 Å².